The summed E-state index contributed by atoms with van der Waals surface area (Å²) in [6, 6.07) is 12.7. The van der Waals surface area contributed by atoms with E-state index >= 15 is 0 Å². The van der Waals surface area contributed by atoms with E-state index in [-0.39, 0.29) is 11.8 Å². The SMILES string of the molecule is COc1ccc(-n2c(C)nnc2CC(C)C(=O)NCCCCCN)c(C(=N)c2ccc(Cl)cc2)c1. The number of halogens is 1. The summed E-state index contributed by atoms with van der Waals surface area (Å²) in [5, 5.41) is 21.2. The largest absolute Gasteiger partial charge is 0.497 e. The van der Waals surface area contributed by atoms with Crippen LogP contribution in [0.25, 0.3) is 5.69 Å². The zero-order valence-corrected chi connectivity index (χ0v) is 21.2. The highest BCUT2D eigenvalue weighted by Crippen LogP contribution is 2.27. The first-order valence-electron chi connectivity index (χ1n) is 11.8. The lowest BCUT2D eigenvalue weighted by Crippen LogP contribution is -2.31. The van der Waals surface area contributed by atoms with E-state index in [9.17, 15) is 4.79 Å². The van der Waals surface area contributed by atoms with Crippen molar-refractivity contribution in [1.82, 2.24) is 20.1 Å². The summed E-state index contributed by atoms with van der Waals surface area (Å²) in [6.45, 7) is 5.05. The van der Waals surface area contributed by atoms with Crippen LogP contribution in [0.2, 0.25) is 5.02 Å². The molecule has 0 bridgehead atoms. The molecule has 35 heavy (non-hydrogen) atoms. The van der Waals surface area contributed by atoms with Crippen molar-refractivity contribution >= 4 is 23.2 Å². The number of carbonyl (C=O) groups excluding carboxylic acids is 1. The van der Waals surface area contributed by atoms with Crippen LogP contribution in [-0.2, 0) is 11.2 Å². The lowest BCUT2D eigenvalue weighted by Gasteiger charge is -2.17. The van der Waals surface area contributed by atoms with Crippen LogP contribution in [0.1, 0.15) is 49.0 Å². The van der Waals surface area contributed by atoms with Crippen LogP contribution in [0.5, 0.6) is 5.75 Å². The second-order valence-electron chi connectivity index (χ2n) is 8.51. The molecule has 1 aromatic heterocycles. The molecule has 1 amide bonds. The van der Waals surface area contributed by atoms with E-state index in [1.807, 2.05) is 48.7 Å². The molecule has 0 fully saturated rings. The van der Waals surface area contributed by atoms with Gasteiger partial charge in [0.15, 0.2) is 0 Å². The van der Waals surface area contributed by atoms with Crippen LogP contribution >= 0.6 is 11.6 Å². The molecule has 3 aromatic rings. The maximum Gasteiger partial charge on any atom is 0.223 e. The van der Waals surface area contributed by atoms with Gasteiger partial charge in [-0.2, -0.15) is 0 Å². The number of benzene rings is 2. The zero-order valence-electron chi connectivity index (χ0n) is 20.5. The van der Waals surface area contributed by atoms with Gasteiger partial charge in [-0.25, -0.2) is 0 Å². The third kappa shape index (κ3) is 6.68. The number of hydrogen-bond acceptors (Lipinski definition) is 6. The Bertz CT molecular complexity index is 1160. The molecule has 0 aliphatic rings. The van der Waals surface area contributed by atoms with Crippen molar-refractivity contribution in [3.05, 3.63) is 70.3 Å². The molecule has 9 heteroatoms. The molecule has 0 aliphatic heterocycles. The molecule has 1 heterocycles. The predicted molar refractivity (Wildman–Crippen MR) is 139 cm³/mol. The fourth-order valence-corrected chi connectivity index (χ4v) is 3.99. The summed E-state index contributed by atoms with van der Waals surface area (Å²) >= 11 is 6.04. The molecule has 1 atom stereocenters. The first kappa shape index (κ1) is 26.4. The summed E-state index contributed by atoms with van der Waals surface area (Å²) < 4.78 is 7.34. The van der Waals surface area contributed by atoms with Crippen molar-refractivity contribution in [3.8, 4) is 11.4 Å². The maximum atomic E-state index is 12.7. The second-order valence-corrected chi connectivity index (χ2v) is 8.95. The number of nitrogens with two attached hydrogens (primary N) is 1. The predicted octanol–water partition coefficient (Wildman–Crippen LogP) is 4.08. The highest BCUT2D eigenvalue weighted by Gasteiger charge is 2.22. The minimum Gasteiger partial charge on any atom is -0.497 e. The van der Waals surface area contributed by atoms with E-state index in [0.717, 1.165) is 30.5 Å². The summed E-state index contributed by atoms with van der Waals surface area (Å²) in [7, 11) is 1.59. The van der Waals surface area contributed by atoms with Crippen LogP contribution in [0.4, 0.5) is 0 Å². The van der Waals surface area contributed by atoms with Gasteiger partial charge in [0.05, 0.1) is 18.5 Å². The minimum absolute atomic E-state index is 0.0196. The van der Waals surface area contributed by atoms with Gasteiger partial charge >= 0.3 is 0 Å². The molecule has 186 valence electrons. The van der Waals surface area contributed by atoms with Crippen molar-refractivity contribution in [3.63, 3.8) is 0 Å². The van der Waals surface area contributed by atoms with Gasteiger partial charge in [0.25, 0.3) is 0 Å². The Labute approximate surface area is 211 Å². The van der Waals surface area contributed by atoms with E-state index in [1.54, 1.807) is 19.2 Å². The van der Waals surface area contributed by atoms with Crippen molar-refractivity contribution in [1.29, 1.82) is 5.41 Å². The lowest BCUT2D eigenvalue weighted by molar-refractivity contribution is -0.124. The Hall–Kier alpha value is -3.23. The first-order valence-corrected chi connectivity index (χ1v) is 12.2. The number of aromatic nitrogens is 3. The molecule has 2 aromatic carbocycles. The molecule has 4 N–H and O–H groups in total. The molecule has 8 nitrogen and oxygen atoms in total. The number of unbranched alkanes of at least 4 members (excludes halogenated alkanes) is 2. The van der Waals surface area contributed by atoms with E-state index in [0.29, 0.717) is 53.2 Å². The number of carbonyl (C=O) groups is 1. The molecular weight excluding hydrogens is 464 g/mol. The van der Waals surface area contributed by atoms with Crippen molar-refractivity contribution < 1.29 is 9.53 Å². The van der Waals surface area contributed by atoms with Crippen molar-refractivity contribution in [2.75, 3.05) is 20.2 Å². The highest BCUT2D eigenvalue weighted by molar-refractivity contribution is 6.30. The van der Waals surface area contributed by atoms with Gasteiger partial charge in [-0.1, -0.05) is 37.1 Å². The van der Waals surface area contributed by atoms with Crippen molar-refractivity contribution in [2.24, 2.45) is 11.7 Å². The monoisotopic (exact) mass is 496 g/mol. The standard InChI is InChI=1S/C26H33ClN6O2/c1-17(26(34)30-14-6-4-5-13-28)15-24-32-31-18(2)33(24)23-12-11-21(35-3)16-22(23)25(29)19-7-9-20(27)10-8-19/h7-12,16-17,29H,4-6,13-15,28H2,1-3H3,(H,30,34). The van der Waals surface area contributed by atoms with Crippen LogP contribution < -0.4 is 15.8 Å². The van der Waals surface area contributed by atoms with Gasteiger partial charge in [0.2, 0.25) is 5.91 Å². The molecule has 0 saturated heterocycles. The fraction of sp³-hybridized carbons (Fsp3) is 0.385. The fourth-order valence-electron chi connectivity index (χ4n) is 3.86. The van der Waals surface area contributed by atoms with Crippen LogP contribution in [0.3, 0.4) is 0 Å². The third-order valence-electron chi connectivity index (χ3n) is 5.86. The summed E-state index contributed by atoms with van der Waals surface area (Å²) in [6.07, 6.45) is 3.28. The van der Waals surface area contributed by atoms with Gasteiger partial charge in [0.1, 0.15) is 17.4 Å². The normalized spacial score (nSPS) is 11.8. The maximum absolute atomic E-state index is 12.7. The van der Waals surface area contributed by atoms with Crippen molar-refractivity contribution in [2.45, 2.75) is 39.5 Å². The smallest absolute Gasteiger partial charge is 0.223 e. The minimum atomic E-state index is -0.288. The van der Waals surface area contributed by atoms with E-state index in [4.69, 9.17) is 27.5 Å². The molecule has 3 rings (SSSR count). The van der Waals surface area contributed by atoms with Gasteiger partial charge in [-0.05, 0) is 56.6 Å². The quantitative estimate of drug-likeness (QED) is 0.258. The molecule has 1 unspecified atom stereocenters. The van der Waals surface area contributed by atoms with Gasteiger partial charge in [-0.3, -0.25) is 14.8 Å². The molecular formula is C26H33ClN6O2. The van der Waals surface area contributed by atoms with Crippen LogP contribution in [0.15, 0.2) is 42.5 Å². The Kier molecular flexibility index (Phi) is 9.39. The highest BCUT2D eigenvalue weighted by atomic mass is 35.5. The number of amides is 1. The molecule has 0 radical (unpaired) electrons. The van der Waals surface area contributed by atoms with Crippen LogP contribution in [0, 0.1) is 18.3 Å². The number of methoxy groups -OCH3 is 1. The second kappa shape index (κ2) is 12.5. The average Bonchev–Trinajstić information content (AvgIpc) is 3.22. The zero-order chi connectivity index (χ0) is 25.4. The number of nitrogens with one attached hydrogen (secondary N) is 2. The van der Waals surface area contributed by atoms with E-state index in [1.165, 1.54) is 0 Å². The first-order chi connectivity index (χ1) is 16.8. The number of ether oxygens (including phenoxy) is 1. The Morgan fingerprint density at radius 2 is 1.91 bits per heavy atom. The van der Waals surface area contributed by atoms with E-state index in [2.05, 4.69) is 15.5 Å². The Morgan fingerprint density at radius 3 is 2.60 bits per heavy atom. The number of aryl methyl sites for hydroxylation is 1. The average molecular weight is 497 g/mol. The third-order valence-corrected chi connectivity index (χ3v) is 6.11. The van der Waals surface area contributed by atoms with Crippen LogP contribution in [-0.4, -0.2) is 46.6 Å². The molecule has 0 saturated carbocycles. The number of rotatable bonds is 12. The van der Waals surface area contributed by atoms with Gasteiger partial charge in [-0.15, -0.1) is 10.2 Å². The van der Waals surface area contributed by atoms with E-state index < -0.39 is 0 Å². The summed E-state index contributed by atoms with van der Waals surface area (Å²) in [5.41, 5.74) is 7.97. The number of hydrogen-bond donors (Lipinski definition) is 3. The Morgan fingerprint density at radius 1 is 1.17 bits per heavy atom. The number of nitrogens with zero attached hydrogens (tertiary/aromatic N) is 3. The summed E-state index contributed by atoms with van der Waals surface area (Å²) in [4.78, 5) is 12.7. The molecule has 0 spiro atoms. The molecule has 0 aliphatic carbocycles. The van der Waals surface area contributed by atoms with Gasteiger partial charge in [0, 0.05) is 35.0 Å². The lowest BCUT2D eigenvalue weighted by atomic mass is 9.99. The van der Waals surface area contributed by atoms with Gasteiger partial charge < -0.3 is 15.8 Å². The summed E-state index contributed by atoms with van der Waals surface area (Å²) in [5.74, 6) is 1.66. The topological polar surface area (TPSA) is 119 Å². The Balaban J connectivity index is 1.88.